The quantitative estimate of drug-likeness (QED) is 0.872. The van der Waals surface area contributed by atoms with Gasteiger partial charge in [0.2, 0.25) is 0 Å². The first-order chi connectivity index (χ1) is 8.61. The minimum absolute atomic E-state index is 0.127. The van der Waals surface area contributed by atoms with E-state index >= 15 is 0 Å². The van der Waals surface area contributed by atoms with Crippen molar-refractivity contribution >= 4 is 5.97 Å². The van der Waals surface area contributed by atoms with Crippen LogP contribution in [0.2, 0.25) is 0 Å². The number of aromatic carboxylic acids is 1. The molecule has 0 saturated carbocycles. The molecule has 0 aliphatic heterocycles. The topological polar surface area (TPSA) is 61.1 Å². The normalized spacial score (nSPS) is 9.78. The molecule has 0 aliphatic rings. The van der Waals surface area contributed by atoms with Crippen LogP contribution in [0.15, 0.2) is 42.5 Å². The van der Waals surface area contributed by atoms with Crippen LogP contribution in [0.3, 0.4) is 0 Å². The highest BCUT2D eigenvalue weighted by molar-refractivity contribution is 5.89. The first kappa shape index (κ1) is 11.9. The van der Waals surface area contributed by atoms with Gasteiger partial charge in [-0.3, -0.25) is 0 Å². The molecule has 0 saturated heterocycles. The Labute approximate surface area is 105 Å². The fourth-order valence-corrected chi connectivity index (χ4v) is 1.75. The van der Waals surface area contributed by atoms with E-state index in [1.807, 2.05) is 37.3 Å². The van der Waals surface area contributed by atoms with Crippen LogP contribution in [-0.4, -0.2) is 11.1 Å². The number of aryl methyl sites for hydroxylation is 1. The average molecular weight is 237 g/mol. The molecule has 0 aromatic heterocycles. The minimum atomic E-state index is -1.03. The Morgan fingerprint density at radius 3 is 2.39 bits per heavy atom. The molecule has 0 unspecified atom stereocenters. The van der Waals surface area contributed by atoms with Gasteiger partial charge in [-0.15, -0.1) is 0 Å². The predicted molar refractivity (Wildman–Crippen MR) is 68.3 cm³/mol. The minimum Gasteiger partial charge on any atom is -0.478 e. The Morgan fingerprint density at radius 1 is 1.17 bits per heavy atom. The molecule has 18 heavy (non-hydrogen) atoms. The molecule has 0 amide bonds. The van der Waals surface area contributed by atoms with Crippen molar-refractivity contribution in [3.63, 3.8) is 0 Å². The van der Waals surface area contributed by atoms with Gasteiger partial charge in [-0.25, -0.2) is 4.79 Å². The smallest absolute Gasteiger partial charge is 0.335 e. The Kier molecular flexibility index (Phi) is 3.11. The van der Waals surface area contributed by atoms with Crippen LogP contribution in [0.5, 0.6) is 0 Å². The maximum atomic E-state index is 10.9. The summed E-state index contributed by atoms with van der Waals surface area (Å²) in [4.78, 5) is 10.9. The summed E-state index contributed by atoms with van der Waals surface area (Å²) < 4.78 is 0. The zero-order chi connectivity index (χ0) is 13.1. The molecule has 1 N–H and O–H groups in total. The van der Waals surface area contributed by atoms with Crippen molar-refractivity contribution in [3.8, 4) is 17.2 Å². The van der Waals surface area contributed by atoms with Crippen molar-refractivity contribution in [2.45, 2.75) is 6.92 Å². The summed E-state index contributed by atoms with van der Waals surface area (Å²) in [5.41, 5.74) is 3.30. The average Bonchev–Trinajstić information content (AvgIpc) is 2.39. The number of carboxylic acid groups (broad SMARTS) is 1. The Morgan fingerprint density at radius 2 is 1.83 bits per heavy atom. The van der Waals surface area contributed by atoms with Crippen LogP contribution in [0.4, 0.5) is 0 Å². The molecular formula is C15H11NO2. The first-order valence-electron chi connectivity index (χ1n) is 5.46. The van der Waals surface area contributed by atoms with E-state index in [0.717, 1.165) is 16.7 Å². The third-order valence-corrected chi connectivity index (χ3v) is 2.75. The lowest BCUT2D eigenvalue weighted by Crippen LogP contribution is -1.97. The summed E-state index contributed by atoms with van der Waals surface area (Å²) in [5.74, 6) is -1.03. The molecule has 0 aliphatic carbocycles. The largest absolute Gasteiger partial charge is 0.478 e. The summed E-state index contributed by atoms with van der Waals surface area (Å²) in [6, 6.07) is 14.4. The third kappa shape index (κ3) is 2.23. The van der Waals surface area contributed by atoms with E-state index < -0.39 is 5.97 Å². The maximum absolute atomic E-state index is 10.9. The summed E-state index contributed by atoms with van der Waals surface area (Å²) >= 11 is 0. The number of benzene rings is 2. The molecule has 2 aromatic carbocycles. The lowest BCUT2D eigenvalue weighted by Gasteiger charge is -2.05. The third-order valence-electron chi connectivity index (χ3n) is 2.75. The molecule has 0 heterocycles. The van der Waals surface area contributed by atoms with E-state index in [-0.39, 0.29) is 5.56 Å². The van der Waals surface area contributed by atoms with Crippen molar-refractivity contribution in [2.75, 3.05) is 0 Å². The number of hydrogen-bond donors (Lipinski definition) is 1. The molecular weight excluding hydrogens is 226 g/mol. The number of nitriles is 1. The monoisotopic (exact) mass is 237 g/mol. The number of carboxylic acids is 1. The van der Waals surface area contributed by atoms with Crippen LogP contribution in [0.1, 0.15) is 21.5 Å². The number of hydrogen-bond acceptors (Lipinski definition) is 2. The molecule has 2 rings (SSSR count). The Bertz CT molecular complexity index is 637. The van der Waals surface area contributed by atoms with Gasteiger partial charge in [0, 0.05) is 0 Å². The van der Waals surface area contributed by atoms with Crippen LogP contribution in [-0.2, 0) is 0 Å². The summed E-state index contributed by atoms with van der Waals surface area (Å²) in [6.45, 7) is 1.99. The van der Waals surface area contributed by atoms with Gasteiger partial charge in [-0.05, 0) is 30.2 Å². The van der Waals surface area contributed by atoms with E-state index in [0.29, 0.717) is 5.56 Å². The van der Waals surface area contributed by atoms with E-state index in [2.05, 4.69) is 0 Å². The van der Waals surface area contributed by atoms with Gasteiger partial charge in [-0.2, -0.15) is 5.26 Å². The van der Waals surface area contributed by atoms with Crippen LogP contribution in [0, 0.1) is 18.3 Å². The predicted octanol–water partition coefficient (Wildman–Crippen LogP) is 3.23. The van der Waals surface area contributed by atoms with Crippen molar-refractivity contribution in [2.24, 2.45) is 0 Å². The van der Waals surface area contributed by atoms with E-state index in [4.69, 9.17) is 10.4 Å². The molecule has 0 spiro atoms. The van der Waals surface area contributed by atoms with Gasteiger partial charge in [0.1, 0.15) is 0 Å². The molecule has 0 radical (unpaired) electrons. The number of rotatable bonds is 2. The maximum Gasteiger partial charge on any atom is 0.335 e. The van der Waals surface area contributed by atoms with Crippen molar-refractivity contribution < 1.29 is 9.90 Å². The Balaban J connectivity index is 2.55. The lowest BCUT2D eigenvalue weighted by molar-refractivity contribution is 0.0697. The highest BCUT2D eigenvalue weighted by atomic mass is 16.4. The molecule has 0 atom stereocenters. The van der Waals surface area contributed by atoms with E-state index in [1.165, 1.54) is 12.1 Å². The molecule has 0 fully saturated rings. The number of carbonyl (C=O) groups is 1. The van der Waals surface area contributed by atoms with Crippen molar-refractivity contribution in [3.05, 3.63) is 59.2 Å². The Hall–Kier alpha value is -2.60. The highest BCUT2D eigenvalue weighted by Gasteiger charge is 2.09. The second kappa shape index (κ2) is 4.72. The van der Waals surface area contributed by atoms with Gasteiger partial charge in [0.05, 0.1) is 17.2 Å². The first-order valence-corrected chi connectivity index (χ1v) is 5.46. The van der Waals surface area contributed by atoms with Crippen molar-refractivity contribution in [1.29, 1.82) is 5.26 Å². The second-order valence-corrected chi connectivity index (χ2v) is 4.04. The molecule has 3 heteroatoms. The molecule has 3 nitrogen and oxygen atoms in total. The molecule has 88 valence electrons. The SMILES string of the molecule is Cc1ccc(-c2ccc(C(=O)O)cc2C#N)cc1. The van der Waals surface area contributed by atoms with Crippen molar-refractivity contribution in [1.82, 2.24) is 0 Å². The fraction of sp³-hybridized carbons (Fsp3) is 0.0667. The fourth-order valence-electron chi connectivity index (χ4n) is 1.75. The summed E-state index contributed by atoms with van der Waals surface area (Å²) in [6.07, 6.45) is 0. The zero-order valence-corrected chi connectivity index (χ0v) is 9.84. The number of nitrogens with zero attached hydrogens (tertiary/aromatic N) is 1. The lowest BCUT2D eigenvalue weighted by atomic mass is 9.97. The highest BCUT2D eigenvalue weighted by Crippen LogP contribution is 2.24. The van der Waals surface area contributed by atoms with Gasteiger partial charge in [-0.1, -0.05) is 35.9 Å². The summed E-state index contributed by atoms with van der Waals surface area (Å²) in [7, 11) is 0. The van der Waals surface area contributed by atoms with Crippen LogP contribution >= 0.6 is 0 Å². The van der Waals surface area contributed by atoms with Crippen LogP contribution in [0.25, 0.3) is 11.1 Å². The van der Waals surface area contributed by atoms with Gasteiger partial charge < -0.3 is 5.11 Å². The zero-order valence-electron chi connectivity index (χ0n) is 9.84. The second-order valence-electron chi connectivity index (χ2n) is 4.04. The standard InChI is InChI=1S/C15H11NO2/c1-10-2-4-11(5-3-10)14-7-6-12(15(17)18)8-13(14)9-16/h2-8H,1H3,(H,17,18). The summed E-state index contributed by atoms with van der Waals surface area (Å²) in [5, 5.41) is 18.0. The van der Waals surface area contributed by atoms with Crippen LogP contribution < -0.4 is 0 Å². The van der Waals surface area contributed by atoms with Gasteiger partial charge in [0.25, 0.3) is 0 Å². The molecule has 2 aromatic rings. The van der Waals surface area contributed by atoms with E-state index in [1.54, 1.807) is 6.07 Å². The van der Waals surface area contributed by atoms with Gasteiger partial charge in [0.15, 0.2) is 0 Å². The molecule has 0 bridgehead atoms. The van der Waals surface area contributed by atoms with E-state index in [9.17, 15) is 4.79 Å². The van der Waals surface area contributed by atoms with Gasteiger partial charge >= 0.3 is 5.97 Å².